The van der Waals surface area contributed by atoms with Crippen LogP contribution >= 0.6 is 0 Å². The molecule has 0 spiro atoms. The second kappa shape index (κ2) is 6.38. The van der Waals surface area contributed by atoms with Crippen LogP contribution in [0.4, 0.5) is 13.2 Å². The zero-order valence-corrected chi connectivity index (χ0v) is 12.1. The molecule has 22 heavy (non-hydrogen) atoms. The summed E-state index contributed by atoms with van der Waals surface area (Å²) in [4.78, 5) is 14.0. The molecule has 0 N–H and O–H groups in total. The second-order valence-electron chi connectivity index (χ2n) is 5.39. The highest BCUT2D eigenvalue weighted by Crippen LogP contribution is 2.48. The summed E-state index contributed by atoms with van der Waals surface area (Å²) < 4.78 is 37.6. The fourth-order valence-corrected chi connectivity index (χ4v) is 2.56. The summed E-state index contributed by atoms with van der Waals surface area (Å²) >= 11 is 0. The summed E-state index contributed by atoms with van der Waals surface area (Å²) in [5.41, 5.74) is 0.114. The maximum absolute atomic E-state index is 12.5. The Morgan fingerprint density at radius 2 is 1.73 bits per heavy atom. The predicted octanol–water partition coefficient (Wildman–Crippen LogP) is 4.01. The van der Waals surface area contributed by atoms with Gasteiger partial charge in [-0.2, -0.15) is 13.2 Å². The number of nitrogens with zero attached hydrogens (tertiary/aromatic N) is 1. The highest BCUT2D eigenvalue weighted by Gasteiger charge is 2.45. The first-order chi connectivity index (χ1) is 10.4. The molecule has 1 aromatic carbocycles. The van der Waals surface area contributed by atoms with Crippen LogP contribution in [0.2, 0.25) is 0 Å². The van der Waals surface area contributed by atoms with Gasteiger partial charge in [-0.1, -0.05) is 24.3 Å². The summed E-state index contributed by atoms with van der Waals surface area (Å²) in [6.45, 7) is 8.13. The Bertz CT molecular complexity index is 552. The van der Waals surface area contributed by atoms with Crippen molar-refractivity contribution in [2.45, 2.75) is 18.5 Å². The number of halogens is 3. The number of rotatable bonds is 6. The first-order valence-corrected chi connectivity index (χ1v) is 7.06. The van der Waals surface area contributed by atoms with Gasteiger partial charge in [-0.25, -0.2) is 0 Å². The fourth-order valence-electron chi connectivity index (χ4n) is 2.56. The van der Waals surface area contributed by atoms with Crippen molar-refractivity contribution >= 4 is 5.91 Å². The van der Waals surface area contributed by atoms with Crippen LogP contribution in [-0.2, 0) is 11.0 Å². The van der Waals surface area contributed by atoms with Gasteiger partial charge in [0.05, 0.1) is 5.56 Å². The summed E-state index contributed by atoms with van der Waals surface area (Å²) in [7, 11) is 0. The SMILES string of the molecule is C=CCN(CC=C)C(=O)C1CC1c1ccc(C(F)(F)F)cc1. The third-order valence-corrected chi connectivity index (χ3v) is 3.78. The monoisotopic (exact) mass is 309 g/mol. The first-order valence-electron chi connectivity index (χ1n) is 7.06. The maximum atomic E-state index is 12.5. The molecule has 5 heteroatoms. The molecular formula is C17H18F3NO. The molecule has 1 aliphatic rings. The van der Waals surface area contributed by atoms with Crippen molar-refractivity contribution in [1.29, 1.82) is 0 Å². The standard InChI is InChI=1S/C17H18F3NO/c1-3-9-21(10-4-2)16(22)15-11-14(15)12-5-7-13(8-6-12)17(18,19)20/h3-8,14-15H,1-2,9-11H2. The highest BCUT2D eigenvalue weighted by atomic mass is 19.4. The van der Waals surface area contributed by atoms with Gasteiger partial charge < -0.3 is 4.90 Å². The van der Waals surface area contributed by atoms with Crippen molar-refractivity contribution in [3.05, 3.63) is 60.7 Å². The Hall–Kier alpha value is -2.04. The van der Waals surface area contributed by atoms with Gasteiger partial charge in [-0.05, 0) is 30.0 Å². The van der Waals surface area contributed by atoms with Crippen LogP contribution in [-0.4, -0.2) is 23.9 Å². The molecule has 2 unspecified atom stereocenters. The first kappa shape index (κ1) is 16.3. The van der Waals surface area contributed by atoms with Crippen LogP contribution in [0, 0.1) is 5.92 Å². The van der Waals surface area contributed by atoms with Crippen molar-refractivity contribution in [2.75, 3.05) is 13.1 Å². The van der Waals surface area contributed by atoms with Gasteiger partial charge in [0, 0.05) is 19.0 Å². The van der Waals surface area contributed by atoms with E-state index in [1.807, 2.05) is 0 Å². The molecule has 2 nitrogen and oxygen atoms in total. The Morgan fingerprint density at radius 3 is 2.18 bits per heavy atom. The van der Waals surface area contributed by atoms with E-state index in [4.69, 9.17) is 0 Å². The van der Waals surface area contributed by atoms with Gasteiger partial charge >= 0.3 is 6.18 Å². The molecule has 1 fully saturated rings. The smallest absolute Gasteiger partial charge is 0.335 e. The lowest BCUT2D eigenvalue weighted by Crippen LogP contribution is -2.32. The number of carbonyl (C=O) groups is 1. The van der Waals surface area contributed by atoms with Crippen molar-refractivity contribution in [1.82, 2.24) is 4.90 Å². The number of hydrogen-bond acceptors (Lipinski definition) is 1. The van der Waals surface area contributed by atoms with E-state index in [0.717, 1.165) is 17.7 Å². The molecule has 0 saturated heterocycles. The molecule has 0 heterocycles. The average Bonchev–Trinajstić information content (AvgIpc) is 3.26. The van der Waals surface area contributed by atoms with Crippen molar-refractivity contribution in [3.8, 4) is 0 Å². The van der Waals surface area contributed by atoms with Crippen LogP contribution in [0.3, 0.4) is 0 Å². The average molecular weight is 309 g/mol. The normalized spacial score (nSPS) is 20.3. The van der Waals surface area contributed by atoms with Gasteiger partial charge in [0.15, 0.2) is 0 Å². The Labute approximate surface area is 127 Å². The van der Waals surface area contributed by atoms with Crippen LogP contribution in [0.15, 0.2) is 49.6 Å². The van der Waals surface area contributed by atoms with E-state index >= 15 is 0 Å². The van der Waals surface area contributed by atoms with Crippen LogP contribution in [0.1, 0.15) is 23.5 Å². The minimum atomic E-state index is -4.33. The van der Waals surface area contributed by atoms with Gasteiger partial charge in [-0.3, -0.25) is 4.79 Å². The Kier molecular flexibility index (Phi) is 4.74. The lowest BCUT2D eigenvalue weighted by atomic mass is 10.1. The molecule has 0 aromatic heterocycles. The summed E-state index contributed by atoms with van der Waals surface area (Å²) in [6.07, 6.45) is -0.356. The summed E-state index contributed by atoms with van der Waals surface area (Å²) in [6, 6.07) is 5.07. The number of alkyl halides is 3. The van der Waals surface area contributed by atoms with E-state index in [-0.39, 0.29) is 17.7 Å². The molecule has 2 atom stereocenters. The second-order valence-corrected chi connectivity index (χ2v) is 5.39. The number of benzene rings is 1. The molecular weight excluding hydrogens is 291 g/mol. The molecule has 0 radical (unpaired) electrons. The van der Waals surface area contributed by atoms with Gasteiger partial charge in [-0.15, -0.1) is 13.2 Å². The Balaban J connectivity index is 2.03. The maximum Gasteiger partial charge on any atom is 0.416 e. The number of carbonyl (C=O) groups excluding carboxylic acids is 1. The van der Waals surface area contributed by atoms with Crippen LogP contribution in [0.5, 0.6) is 0 Å². The molecule has 0 aliphatic heterocycles. The third kappa shape index (κ3) is 3.59. The summed E-state index contributed by atoms with van der Waals surface area (Å²) in [5.74, 6) is -0.145. The van der Waals surface area contributed by atoms with E-state index in [1.165, 1.54) is 12.1 Å². The molecule has 1 saturated carbocycles. The van der Waals surface area contributed by atoms with E-state index in [0.29, 0.717) is 19.5 Å². The minimum Gasteiger partial charge on any atom is -0.335 e. The molecule has 1 aromatic rings. The molecule has 2 rings (SSSR count). The van der Waals surface area contributed by atoms with E-state index in [9.17, 15) is 18.0 Å². The summed E-state index contributed by atoms with van der Waals surface area (Å²) in [5, 5.41) is 0. The van der Waals surface area contributed by atoms with Gasteiger partial charge in [0.2, 0.25) is 5.91 Å². The number of amides is 1. The topological polar surface area (TPSA) is 20.3 Å². The highest BCUT2D eigenvalue weighted by molar-refractivity contribution is 5.83. The number of hydrogen-bond donors (Lipinski definition) is 0. The van der Waals surface area contributed by atoms with Gasteiger partial charge in [0.25, 0.3) is 0 Å². The lowest BCUT2D eigenvalue weighted by molar-refractivity contribution is -0.137. The minimum absolute atomic E-state index is 0.00435. The fraction of sp³-hybridized carbons (Fsp3) is 0.353. The van der Waals surface area contributed by atoms with Crippen molar-refractivity contribution in [3.63, 3.8) is 0 Å². The van der Waals surface area contributed by atoms with Crippen molar-refractivity contribution < 1.29 is 18.0 Å². The zero-order chi connectivity index (χ0) is 16.3. The molecule has 118 valence electrons. The third-order valence-electron chi connectivity index (χ3n) is 3.78. The van der Waals surface area contributed by atoms with Gasteiger partial charge in [0.1, 0.15) is 0 Å². The van der Waals surface area contributed by atoms with E-state index < -0.39 is 11.7 Å². The van der Waals surface area contributed by atoms with E-state index in [2.05, 4.69) is 13.2 Å². The van der Waals surface area contributed by atoms with Crippen LogP contribution < -0.4 is 0 Å². The molecule has 1 aliphatic carbocycles. The van der Waals surface area contributed by atoms with Crippen molar-refractivity contribution in [2.24, 2.45) is 5.92 Å². The van der Waals surface area contributed by atoms with E-state index in [1.54, 1.807) is 17.1 Å². The predicted molar refractivity (Wildman–Crippen MR) is 79.3 cm³/mol. The van der Waals surface area contributed by atoms with Crippen LogP contribution in [0.25, 0.3) is 0 Å². The lowest BCUT2D eigenvalue weighted by Gasteiger charge is -2.19. The largest absolute Gasteiger partial charge is 0.416 e. The zero-order valence-electron chi connectivity index (χ0n) is 12.1. The molecule has 0 bridgehead atoms. The quantitative estimate of drug-likeness (QED) is 0.727. The molecule has 1 amide bonds. The Morgan fingerprint density at radius 1 is 1.18 bits per heavy atom.